The van der Waals surface area contributed by atoms with Crippen molar-refractivity contribution in [2.24, 2.45) is 0 Å². The molecule has 128 valence electrons. The molecule has 1 aromatic heterocycles. The molecule has 2 fully saturated rings. The normalized spacial score (nSPS) is 21.3. The lowest BCUT2D eigenvalue weighted by Crippen LogP contribution is -2.57. The summed E-state index contributed by atoms with van der Waals surface area (Å²) in [7, 11) is 0. The molecule has 3 heterocycles. The van der Waals surface area contributed by atoms with Gasteiger partial charge in [-0.05, 0) is 43.4 Å². The molecule has 5 nitrogen and oxygen atoms in total. The fourth-order valence-corrected chi connectivity index (χ4v) is 3.87. The highest BCUT2D eigenvalue weighted by atomic mass is 16.5. The molecular weight excluding hydrogens is 302 g/mol. The minimum atomic E-state index is -0.122. The van der Waals surface area contributed by atoms with Gasteiger partial charge >= 0.3 is 0 Å². The van der Waals surface area contributed by atoms with Crippen molar-refractivity contribution < 1.29 is 9.53 Å². The molecular formula is C19H25N3O2. The lowest BCUT2D eigenvalue weighted by Gasteiger charge is -2.43. The monoisotopic (exact) mass is 327 g/mol. The zero-order valence-electron chi connectivity index (χ0n) is 14.2. The molecule has 0 aliphatic carbocycles. The number of hydrogen-bond acceptors (Lipinski definition) is 3. The highest BCUT2D eigenvalue weighted by molar-refractivity contribution is 5.83. The minimum absolute atomic E-state index is 0.0117. The number of likely N-dealkylation sites (tertiary alicyclic amines) is 1. The Morgan fingerprint density at radius 2 is 2.12 bits per heavy atom. The molecule has 4 rings (SSSR count). The summed E-state index contributed by atoms with van der Waals surface area (Å²) >= 11 is 0. The maximum atomic E-state index is 11.3. The molecule has 2 aliphatic rings. The Bertz CT molecular complexity index is 732. The maximum absolute atomic E-state index is 11.3. The first kappa shape index (κ1) is 15.7. The fourth-order valence-electron chi connectivity index (χ4n) is 3.87. The molecule has 1 aromatic carbocycles. The van der Waals surface area contributed by atoms with E-state index >= 15 is 0 Å². The number of aromatic amines is 1. The first-order valence-corrected chi connectivity index (χ1v) is 8.83. The molecule has 0 radical (unpaired) electrons. The SMILES string of the molecule is Cc1ccc2c(CCN3CCC4(CC3)CNC(=O)CO4)c[nH]c2c1. The molecule has 0 saturated carbocycles. The first-order valence-electron chi connectivity index (χ1n) is 8.83. The number of H-pyrrole nitrogens is 1. The van der Waals surface area contributed by atoms with Crippen LogP contribution in [0.1, 0.15) is 24.0 Å². The van der Waals surface area contributed by atoms with Crippen LogP contribution in [0.5, 0.6) is 0 Å². The van der Waals surface area contributed by atoms with Crippen LogP contribution in [-0.2, 0) is 16.0 Å². The zero-order chi connectivity index (χ0) is 16.6. The maximum Gasteiger partial charge on any atom is 0.246 e. The van der Waals surface area contributed by atoms with Crippen LogP contribution in [0.15, 0.2) is 24.4 Å². The van der Waals surface area contributed by atoms with Gasteiger partial charge in [-0.2, -0.15) is 0 Å². The first-order chi connectivity index (χ1) is 11.6. The Morgan fingerprint density at radius 3 is 2.88 bits per heavy atom. The van der Waals surface area contributed by atoms with Crippen LogP contribution in [0.2, 0.25) is 0 Å². The van der Waals surface area contributed by atoms with E-state index in [9.17, 15) is 4.79 Å². The zero-order valence-corrected chi connectivity index (χ0v) is 14.2. The third-order valence-corrected chi connectivity index (χ3v) is 5.50. The Morgan fingerprint density at radius 1 is 1.29 bits per heavy atom. The molecule has 1 spiro atoms. The van der Waals surface area contributed by atoms with Crippen LogP contribution in [-0.4, -0.2) is 54.2 Å². The number of amides is 1. The number of fused-ring (bicyclic) bond motifs is 1. The Balaban J connectivity index is 1.33. The van der Waals surface area contributed by atoms with Gasteiger partial charge in [0.2, 0.25) is 5.91 Å². The molecule has 0 atom stereocenters. The summed E-state index contributed by atoms with van der Waals surface area (Å²) in [4.78, 5) is 17.2. The molecule has 2 aliphatic heterocycles. The predicted molar refractivity (Wildman–Crippen MR) is 94.1 cm³/mol. The third kappa shape index (κ3) is 3.06. The Labute approximate surface area is 142 Å². The number of aryl methyl sites for hydroxylation is 1. The van der Waals surface area contributed by atoms with E-state index in [1.165, 1.54) is 22.0 Å². The van der Waals surface area contributed by atoms with E-state index in [1.807, 2.05) is 0 Å². The second-order valence-corrected chi connectivity index (χ2v) is 7.20. The van der Waals surface area contributed by atoms with Gasteiger partial charge in [-0.15, -0.1) is 0 Å². The molecule has 1 amide bonds. The number of nitrogens with zero attached hydrogens (tertiary/aromatic N) is 1. The van der Waals surface area contributed by atoms with E-state index in [0.717, 1.165) is 38.9 Å². The minimum Gasteiger partial charge on any atom is -0.363 e. The number of rotatable bonds is 3. The Hall–Kier alpha value is -1.85. The van der Waals surface area contributed by atoms with Crippen LogP contribution < -0.4 is 5.32 Å². The van der Waals surface area contributed by atoms with E-state index in [4.69, 9.17) is 4.74 Å². The summed E-state index contributed by atoms with van der Waals surface area (Å²) in [6.07, 6.45) is 5.21. The average Bonchev–Trinajstić information content (AvgIpc) is 2.99. The van der Waals surface area contributed by atoms with Gasteiger partial charge in [0.15, 0.2) is 0 Å². The van der Waals surface area contributed by atoms with Crippen LogP contribution in [0.3, 0.4) is 0 Å². The standard InChI is InChI=1S/C19H25N3O2/c1-14-2-3-16-15(11-20-17(16)10-14)4-7-22-8-5-19(6-9-22)13-21-18(23)12-24-19/h2-3,10-11,20H,4-9,12-13H2,1H3,(H,21,23). The number of carbonyl (C=O) groups excluding carboxylic acids is 1. The van der Waals surface area contributed by atoms with E-state index in [0.29, 0.717) is 6.54 Å². The second-order valence-electron chi connectivity index (χ2n) is 7.20. The third-order valence-electron chi connectivity index (χ3n) is 5.50. The smallest absolute Gasteiger partial charge is 0.246 e. The van der Waals surface area contributed by atoms with Crippen LogP contribution in [0, 0.1) is 6.92 Å². The molecule has 2 aromatic rings. The van der Waals surface area contributed by atoms with Crippen molar-refractivity contribution in [3.05, 3.63) is 35.5 Å². The van der Waals surface area contributed by atoms with E-state index in [2.05, 4.69) is 46.5 Å². The average molecular weight is 327 g/mol. The summed E-state index contributed by atoms with van der Waals surface area (Å²) in [5, 5.41) is 4.29. The summed E-state index contributed by atoms with van der Waals surface area (Å²) < 4.78 is 5.84. The fraction of sp³-hybridized carbons (Fsp3) is 0.526. The molecule has 5 heteroatoms. The van der Waals surface area contributed by atoms with E-state index < -0.39 is 0 Å². The number of morpholine rings is 1. The number of aromatic nitrogens is 1. The van der Waals surface area contributed by atoms with Gasteiger partial charge in [0.1, 0.15) is 6.61 Å². The van der Waals surface area contributed by atoms with Crippen LogP contribution >= 0.6 is 0 Å². The van der Waals surface area contributed by atoms with Crippen molar-refractivity contribution in [2.75, 3.05) is 32.8 Å². The van der Waals surface area contributed by atoms with Gasteiger partial charge in [-0.1, -0.05) is 12.1 Å². The van der Waals surface area contributed by atoms with Gasteiger partial charge in [-0.25, -0.2) is 0 Å². The molecule has 0 bridgehead atoms. The van der Waals surface area contributed by atoms with Crippen molar-refractivity contribution in [3.63, 3.8) is 0 Å². The van der Waals surface area contributed by atoms with Crippen LogP contribution in [0.4, 0.5) is 0 Å². The quantitative estimate of drug-likeness (QED) is 0.906. The summed E-state index contributed by atoms with van der Waals surface area (Å²) in [5.74, 6) is 0.0117. The lowest BCUT2D eigenvalue weighted by atomic mass is 9.90. The van der Waals surface area contributed by atoms with Gasteiger partial charge in [-0.3, -0.25) is 4.79 Å². The second kappa shape index (κ2) is 6.22. The lowest BCUT2D eigenvalue weighted by molar-refractivity contribution is -0.150. The number of carbonyl (C=O) groups is 1. The van der Waals surface area contributed by atoms with Crippen molar-refractivity contribution >= 4 is 16.8 Å². The number of nitrogens with one attached hydrogen (secondary N) is 2. The van der Waals surface area contributed by atoms with E-state index in [-0.39, 0.29) is 18.1 Å². The summed E-state index contributed by atoms with van der Waals surface area (Å²) in [5.41, 5.74) is 3.79. The van der Waals surface area contributed by atoms with Crippen molar-refractivity contribution in [1.29, 1.82) is 0 Å². The largest absolute Gasteiger partial charge is 0.363 e. The molecule has 0 unspecified atom stereocenters. The van der Waals surface area contributed by atoms with Crippen molar-refractivity contribution in [1.82, 2.24) is 15.2 Å². The van der Waals surface area contributed by atoms with Gasteiger partial charge in [0.25, 0.3) is 0 Å². The summed E-state index contributed by atoms with van der Waals surface area (Å²) in [6.45, 7) is 6.16. The molecule has 2 saturated heterocycles. The summed E-state index contributed by atoms with van der Waals surface area (Å²) in [6, 6.07) is 6.61. The number of ether oxygens (including phenoxy) is 1. The van der Waals surface area contributed by atoms with Gasteiger partial charge in [0.05, 0.1) is 5.60 Å². The van der Waals surface area contributed by atoms with Gasteiger partial charge in [0, 0.05) is 43.3 Å². The van der Waals surface area contributed by atoms with Gasteiger partial charge < -0.3 is 19.9 Å². The number of benzene rings is 1. The predicted octanol–water partition coefficient (Wildman–Crippen LogP) is 2.00. The highest BCUT2D eigenvalue weighted by Crippen LogP contribution is 2.28. The highest BCUT2D eigenvalue weighted by Gasteiger charge is 2.38. The van der Waals surface area contributed by atoms with E-state index in [1.54, 1.807) is 0 Å². The van der Waals surface area contributed by atoms with Crippen molar-refractivity contribution in [2.45, 2.75) is 31.8 Å². The number of piperidine rings is 1. The molecule has 24 heavy (non-hydrogen) atoms. The van der Waals surface area contributed by atoms with Crippen molar-refractivity contribution in [3.8, 4) is 0 Å². The molecule has 2 N–H and O–H groups in total. The number of hydrogen-bond donors (Lipinski definition) is 2. The van der Waals surface area contributed by atoms with Crippen LogP contribution in [0.25, 0.3) is 10.9 Å². The Kier molecular flexibility index (Phi) is 4.06. The topological polar surface area (TPSA) is 57.4 Å².